The van der Waals surface area contributed by atoms with Gasteiger partial charge in [-0.25, -0.2) is 0 Å². The Labute approximate surface area is 101 Å². The molecule has 1 fully saturated rings. The number of hydrogen-bond donors (Lipinski definition) is 0. The number of oxime groups is 1. The molecule has 0 aromatic carbocycles. The van der Waals surface area contributed by atoms with Crippen molar-refractivity contribution in [2.45, 2.75) is 57.8 Å². The monoisotopic (exact) mass is 241 g/mol. The molecule has 1 aliphatic carbocycles. The zero-order valence-corrected chi connectivity index (χ0v) is 10.6. The second-order valence-electron chi connectivity index (χ2n) is 4.79. The summed E-state index contributed by atoms with van der Waals surface area (Å²) < 4.78 is 10.6. The van der Waals surface area contributed by atoms with E-state index in [1.165, 1.54) is 13.5 Å². The molecule has 1 saturated carbocycles. The van der Waals surface area contributed by atoms with E-state index >= 15 is 0 Å². The van der Waals surface area contributed by atoms with Crippen LogP contribution in [0, 0.1) is 0 Å². The van der Waals surface area contributed by atoms with Gasteiger partial charge in [0.25, 0.3) is 0 Å². The van der Waals surface area contributed by atoms with Crippen molar-refractivity contribution < 1.29 is 14.3 Å². The Morgan fingerprint density at radius 1 is 1.18 bits per heavy atom. The summed E-state index contributed by atoms with van der Waals surface area (Å²) in [5.74, 6) is 0. The molecule has 6 nitrogen and oxygen atoms in total. The normalized spacial score (nSPS) is 31.6. The predicted molar refractivity (Wildman–Crippen MR) is 61.4 cm³/mol. The Morgan fingerprint density at radius 2 is 1.88 bits per heavy atom. The van der Waals surface area contributed by atoms with Gasteiger partial charge in [0, 0.05) is 7.11 Å². The molecular formula is C11H19N3O3. The fourth-order valence-electron chi connectivity index (χ4n) is 1.87. The first-order valence-corrected chi connectivity index (χ1v) is 5.99. The Balaban J connectivity index is 1.99. The van der Waals surface area contributed by atoms with Gasteiger partial charge in [0.05, 0.1) is 5.71 Å². The van der Waals surface area contributed by atoms with Gasteiger partial charge in [0.15, 0.2) is 5.72 Å². The third-order valence-corrected chi connectivity index (χ3v) is 2.77. The fraction of sp³-hybridized carbons (Fsp3) is 0.909. The van der Waals surface area contributed by atoms with Crippen LogP contribution in [-0.4, -0.2) is 24.6 Å². The Morgan fingerprint density at radius 3 is 2.41 bits per heavy atom. The molecular weight excluding hydrogens is 222 g/mol. The molecule has 6 heteroatoms. The molecule has 2 aliphatic rings. The van der Waals surface area contributed by atoms with E-state index in [2.05, 4.69) is 15.4 Å². The SMILES string of the molecule is COC1(ON=C2CCCCC2)N=NC(C)(C)O1. The van der Waals surface area contributed by atoms with Gasteiger partial charge in [-0.2, -0.15) is 0 Å². The highest BCUT2D eigenvalue weighted by molar-refractivity contribution is 5.84. The van der Waals surface area contributed by atoms with Crippen LogP contribution in [-0.2, 0) is 14.3 Å². The first-order valence-electron chi connectivity index (χ1n) is 5.99. The van der Waals surface area contributed by atoms with E-state index in [0.717, 1.165) is 31.4 Å². The summed E-state index contributed by atoms with van der Waals surface area (Å²) in [6.45, 7) is 3.57. The summed E-state index contributed by atoms with van der Waals surface area (Å²) in [6.07, 6.45) is 4.03. The number of ether oxygens (including phenoxy) is 2. The van der Waals surface area contributed by atoms with Gasteiger partial charge in [0.1, 0.15) is 0 Å². The lowest BCUT2D eigenvalue weighted by atomic mass is 9.99. The molecule has 0 saturated heterocycles. The Kier molecular flexibility index (Phi) is 3.44. The topological polar surface area (TPSA) is 64.8 Å². The van der Waals surface area contributed by atoms with E-state index < -0.39 is 11.8 Å². The summed E-state index contributed by atoms with van der Waals surface area (Å²) in [7, 11) is 1.46. The predicted octanol–water partition coefficient (Wildman–Crippen LogP) is 2.80. The molecule has 0 amide bonds. The molecule has 17 heavy (non-hydrogen) atoms. The smallest absolute Gasteiger partial charge is 0.308 e. The van der Waals surface area contributed by atoms with Crippen molar-refractivity contribution in [3.63, 3.8) is 0 Å². The average molecular weight is 241 g/mol. The van der Waals surface area contributed by atoms with Crippen molar-refractivity contribution in [1.82, 2.24) is 0 Å². The molecule has 2 rings (SSSR count). The minimum absolute atomic E-state index is 0.733. The summed E-state index contributed by atoms with van der Waals surface area (Å²) in [4.78, 5) is 5.30. The lowest BCUT2D eigenvalue weighted by Crippen LogP contribution is -2.36. The lowest BCUT2D eigenvalue weighted by Gasteiger charge is -2.23. The number of nitrogens with zero attached hydrogens (tertiary/aromatic N) is 3. The summed E-state index contributed by atoms with van der Waals surface area (Å²) >= 11 is 0. The maximum absolute atomic E-state index is 5.49. The second kappa shape index (κ2) is 4.70. The number of azo groups is 1. The molecule has 1 aliphatic heterocycles. The van der Waals surface area contributed by atoms with Gasteiger partial charge < -0.3 is 4.84 Å². The maximum atomic E-state index is 5.49. The number of hydrogen-bond acceptors (Lipinski definition) is 6. The molecule has 0 aromatic rings. The van der Waals surface area contributed by atoms with Crippen LogP contribution in [0.15, 0.2) is 15.4 Å². The molecule has 0 radical (unpaired) electrons. The van der Waals surface area contributed by atoms with E-state index in [9.17, 15) is 0 Å². The third-order valence-electron chi connectivity index (χ3n) is 2.77. The molecule has 0 aromatic heterocycles. The van der Waals surface area contributed by atoms with Crippen LogP contribution < -0.4 is 0 Å². The zero-order valence-electron chi connectivity index (χ0n) is 10.6. The van der Waals surface area contributed by atoms with Crippen LogP contribution in [0.5, 0.6) is 0 Å². The summed E-state index contributed by atoms with van der Waals surface area (Å²) in [6, 6.07) is 0. The first-order chi connectivity index (χ1) is 8.05. The van der Waals surface area contributed by atoms with Gasteiger partial charge >= 0.3 is 6.10 Å². The van der Waals surface area contributed by atoms with Crippen molar-refractivity contribution in [2.75, 3.05) is 7.11 Å². The molecule has 96 valence electrons. The van der Waals surface area contributed by atoms with Crippen molar-refractivity contribution in [1.29, 1.82) is 0 Å². The minimum atomic E-state index is -1.51. The zero-order chi connectivity index (χ0) is 12.4. The van der Waals surface area contributed by atoms with Crippen LogP contribution in [0.4, 0.5) is 0 Å². The van der Waals surface area contributed by atoms with Crippen LogP contribution in [0.2, 0.25) is 0 Å². The van der Waals surface area contributed by atoms with E-state index in [1.54, 1.807) is 13.8 Å². The van der Waals surface area contributed by atoms with Gasteiger partial charge in [-0.1, -0.05) is 16.7 Å². The second-order valence-corrected chi connectivity index (χ2v) is 4.79. The van der Waals surface area contributed by atoms with Crippen molar-refractivity contribution in [3.8, 4) is 0 Å². The maximum Gasteiger partial charge on any atom is 0.481 e. The molecule has 0 spiro atoms. The molecule has 0 N–H and O–H groups in total. The Bertz CT molecular complexity index is 333. The van der Waals surface area contributed by atoms with Crippen LogP contribution in [0.25, 0.3) is 0 Å². The average Bonchev–Trinajstić information content (AvgIpc) is 2.65. The first kappa shape index (κ1) is 12.4. The largest absolute Gasteiger partial charge is 0.481 e. The molecule has 1 unspecified atom stereocenters. The third kappa shape index (κ3) is 3.01. The summed E-state index contributed by atoms with van der Waals surface area (Å²) in [5, 5.41) is 11.9. The van der Waals surface area contributed by atoms with E-state index in [-0.39, 0.29) is 0 Å². The van der Waals surface area contributed by atoms with Crippen LogP contribution in [0.3, 0.4) is 0 Å². The molecule has 0 bridgehead atoms. The van der Waals surface area contributed by atoms with Gasteiger partial charge in [-0.05, 0) is 39.5 Å². The van der Waals surface area contributed by atoms with Crippen molar-refractivity contribution in [3.05, 3.63) is 0 Å². The van der Waals surface area contributed by atoms with Gasteiger partial charge in [-0.3, -0.25) is 9.47 Å². The van der Waals surface area contributed by atoms with E-state index in [4.69, 9.17) is 14.3 Å². The van der Waals surface area contributed by atoms with Crippen molar-refractivity contribution >= 4 is 5.71 Å². The van der Waals surface area contributed by atoms with Crippen molar-refractivity contribution in [2.24, 2.45) is 15.4 Å². The number of methoxy groups -OCH3 is 1. The Hall–Kier alpha value is -1.01. The highest BCUT2D eigenvalue weighted by Gasteiger charge is 2.47. The standard InChI is InChI=1S/C11H19N3O3/c1-10(2)13-14-11(15-3,16-10)17-12-9-7-5-4-6-8-9/h4-8H2,1-3H3. The quantitative estimate of drug-likeness (QED) is 0.563. The summed E-state index contributed by atoms with van der Waals surface area (Å²) in [5.41, 5.74) is 0.305. The number of rotatable bonds is 3. The highest BCUT2D eigenvalue weighted by Crippen LogP contribution is 2.33. The highest BCUT2D eigenvalue weighted by atomic mass is 16.9. The fourth-order valence-corrected chi connectivity index (χ4v) is 1.87. The van der Waals surface area contributed by atoms with E-state index in [1.807, 2.05) is 0 Å². The van der Waals surface area contributed by atoms with E-state index in [0.29, 0.717) is 0 Å². The van der Waals surface area contributed by atoms with Gasteiger partial charge in [0.2, 0.25) is 0 Å². The molecule has 1 atom stereocenters. The van der Waals surface area contributed by atoms with Crippen LogP contribution >= 0.6 is 0 Å². The lowest BCUT2D eigenvalue weighted by molar-refractivity contribution is -0.377. The molecule has 1 heterocycles. The minimum Gasteiger partial charge on any atom is -0.308 e. The van der Waals surface area contributed by atoms with Gasteiger partial charge in [-0.15, -0.1) is 5.11 Å². The van der Waals surface area contributed by atoms with Crippen LogP contribution in [0.1, 0.15) is 46.0 Å².